The van der Waals surface area contributed by atoms with E-state index in [1.54, 1.807) is 31.4 Å². The van der Waals surface area contributed by atoms with Crippen LogP contribution in [0, 0.1) is 0 Å². The van der Waals surface area contributed by atoms with Crippen LogP contribution in [0.5, 0.6) is 5.75 Å². The molecule has 0 aromatic heterocycles. The molecule has 6 heteroatoms. The molecule has 0 bridgehead atoms. The molecular formula is C20H20N2O4. The average molecular weight is 352 g/mol. The van der Waals surface area contributed by atoms with Crippen molar-refractivity contribution in [3.63, 3.8) is 0 Å². The van der Waals surface area contributed by atoms with Gasteiger partial charge >= 0.3 is 0 Å². The number of amides is 2. The highest BCUT2D eigenvalue weighted by atomic mass is 16.5. The first-order valence-corrected chi connectivity index (χ1v) is 8.30. The number of carbonyl (C=O) groups is 2. The van der Waals surface area contributed by atoms with Crippen LogP contribution in [0.15, 0.2) is 60.4 Å². The van der Waals surface area contributed by atoms with Crippen molar-refractivity contribution in [3.8, 4) is 5.75 Å². The Kier molecular flexibility index (Phi) is 5.66. The molecule has 2 amide bonds. The Morgan fingerprint density at radius 2 is 1.88 bits per heavy atom. The van der Waals surface area contributed by atoms with Crippen LogP contribution in [0.4, 0.5) is 5.69 Å². The number of anilines is 1. The van der Waals surface area contributed by atoms with Crippen molar-refractivity contribution in [2.24, 2.45) is 0 Å². The highest BCUT2D eigenvalue weighted by molar-refractivity contribution is 6.12. The molecule has 2 aromatic rings. The zero-order valence-electron chi connectivity index (χ0n) is 14.5. The number of nitrogens with one attached hydrogen (secondary N) is 1. The molecule has 2 aromatic carbocycles. The van der Waals surface area contributed by atoms with Gasteiger partial charge in [-0.3, -0.25) is 14.5 Å². The molecule has 0 unspecified atom stereocenters. The van der Waals surface area contributed by atoms with Crippen molar-refractivity contribution in [2.45, 2.75) is 0 Å². The lowest BCUT2D eigenvalue weighted by molar-refractivity contribution is -0.123. The second-order valence-electron chi connectivity index (χ2n) is 5.72. The van der Waals surface area contributed by atoms with E-state index in [9.17, 15) is 9.59 Å². The van der Waals surface area contributed by atoms with Crippen LogP contribution in [0.3, 0.4) is 0 Å². The van der Waals surface area contributed by atoms with Gasteiger partial charge in [0, 0.05) is 13.7 Å². The summed E-state index contributed by atoms with van der Waals surface area (Å²) in [6.45, 7) is 0.718. The second-order valence-corrected chi connectivity index (χ2v) is 5.72. The number of carbonyl (C=O) groups excluding carboxylic acids is 2. The third kappa shape index (κ3) is 4.10. The van der Waals surface area contributed by atoms with Gasteiger partial charge in [0.05, 0.1) is 12.3 Å². The Bertz CT molecular complexity index is 818. The number of nitrogens with zero attached hydrogens (tertiary/aromatic N) is 1. The van der Waals surface area contributed by atoms with Gasteiger partial charge in [0.1, 0.15) is 6.54 Å². The van der Waals surface area contributed by atoms with Gasteiger partial charge in [0.25, 0.3) is 5.91 Å². The number of fused-ring (bicyclic) bond motifs is 1. The molecule has 6 nitrogen and oxygen atoms in total. The number of hydrogen-bond donors (Lipinski definition) is 1. The van der Waals surface area contributed by atoms with Crippen LogP contribution in [-0.2, 0) is 14.3 Å². The SMILES string of the molecule is COCCNC(=O)CN1C(=O)/C(=C\c2ccccc2)Oc2ccccc21. The summed E-state index contributed by atoms with van der Waals surface area (Å²) in [5, 5.41) is 2.73. The number of ether oxygens (including phenoxy) is 2. The van der Waals surface area contributed by atoms with E-state index in [0.29, 0.717) is 24.6 Å². The van der Waals surface area contributed by atoms with Gasteiger partial charge in [-0.2, -0.15) is 0 Å². The van der Waals surface area contributed by atoms with E-state index >= 15 is 0 Å². The first-order chi connectivity index (χ1) is 12.7. The summed E-state index contributed by atoms with van der Waals surface area (Å²) in [7, 11) is 1.56. The van der Waals surface area contributed by atoms with Gasteiger partial charge in [-0.1, -0.05) is 42.5 Å². The molecule has 26 heavy (non-hydrogen) atoms. The summed E-state index contributed by atoms with van der Waals surface area (Å²) < 4.78 is 10.7. The molecule has 1 aliphatic heterocycles. The smallest absolute Gasteiger partial charge is 0.294 e. The minimum atomic E-state index is -0.352. The summed E-state index contributed by atoms with van der Waals surface area (Å²) in [6.07, 6.45) is 1.67. The number of benzene rings is 2. The van der Waals surface area contributed by atoms with Gasteiger partial charge in [-0.25, -0.2) is 0 Å². The Morgan fingerprint density at radius 3 is 2.65 bits per heavy atom. The Hall–Kier alpha value is -3.12. The van der Waals surface area contributed by atoms with Crippen molar-refractivity contribution < 1.29 is 19.1 Å². The summed E-state index contributed by atoms with van der Waals surface area (Å²) in [5.41, 5.74) is 1.42. The average Bonchev–Trinajstić information content (AvgIpc) is 2.66. The van der Waals surface area contributed by atoms with Crippen LogP contribution in [0.1, 0.15) is 5.56 Å². The Balaban J connectivity index is 1.86. The first-order valence-electron chi connectivity index (χ1n) is 8.30. The highest BCUT2D eigenvalue weighted by Gasteiger charge is 2.31. The number of hydrogen-bond acceptors (Lipinski definition) is 4. The van der Waals surface area contributed by atoms with Gasteiger partial charge in [0.15, 0.2) is 11.5 Å². The topological polar surface area (TPSA) is 67.9 Å². The molecule has 1 aliphatic rings. The largest absolute Gasteiger partial charge is 0.449 e. The third-order valence-electron chi connectivity index (χ3n) is 3.86. The molecule has 3 rings (SSSR count). The Morgan fingerprint density at radius 1 is 1.15 bits per heavy atom. The van der Waals surface area contributed by atoms with E-state index in [1.165, 1.54) is 4.90 Å². The lowest BCUT2D eigenvalue weighted by Crippen LogP contribution is -2.44. The van der Waals surface area contributed by atoms with Gasteiger partial charge < -0.3 is 14.8 Å². The van der Waals surface area contributed by atoms with Crippen LogP contribution >= 0.6 is 0 Å². The van der Waals surface area contributed by atoms with E-state index in [2.05, 4.69) is 5.32 Å². The second kappa shape index (κ2) is 8.31. The van der Waals surface area contributed by atoms with Crippen molar-refractivity contribution >= 4 is 23.6 Å². The maximum atomic E-state index is 12.9. The lowest BCUT2D eigenvalue weighted by Gasteiger charge is -2.30. The molecule has 0 aliphatic carbocycles. The fourth-order valence-corrected chi connectivity index (χ4v) is 2.61. The molecule has 0 saturated carbocycles. The zero-order chi connectivity index (χ0) is 18.4. The van der Waals surface area contributed by atoms with Crippen LogP contribution in [0.2, 0.25) is 0 Å². The summed E-state index contributed by atoms with van der Waals surface area (Å²) >= 11 is 0. The fraction of sp³-hybridized carbons (Fsp3) is 0.200. The van der Waals surface area contributed by atoms with E-state index < -0.39 is 0 Å². The molecule has 1 heterocycles. The quantitative estimate of drug-likeness (QED) is 0.639. The molecule has 0 fully saturated rings. The number of methoxy groups -OCH3 is 1. The third-order valence-corrected chi connectivity index (χ3v) is 3.86. The minimum absolute atomic E-state index is 0.0882. The molecule has 1 N–H and O–H groups in total. The van der Waals surface area contributed by atoms with Crippen LogP contribution in [-0.4, -0.2) is 38.6 Å². The van der Waals surface area contributed by atoms with Crippen LogP contribution < -0.4 is 15.0 Å². The first kappa shape index (κ1) is 17.7. The van der Waals surface area contributed by atoms with E-state index in [-0.39, 0.29) is 24.1 Å². The fourth-order valence-electron chi connectivity index (χ4n) is 2.61. The lowest BCUT2D eigenvalue weighted by atomic mass is 10.1. The summed E-state index contributed by atoms with van der Waals surface area (Å²) in [5.74, 6) is 0.110. The van der Waals surface area contributed by atoms with Crippen molar-refractivity contribution in [2.75, 3.05) is 31.7 Å². The van der Waals surface area contributed by atoms with Crippen LogP contribution in [0.25, 0.3) is 6.08 Å². The van der Waals surface area contributed by atoms with Gasteiger partial charge in [-0.05, 0) is 23.8 Å². The maximum absolute atomic E-state index is 12.9. The number of rotatable bonds is 6. The zero-order valence-corrected chi connectivity index (χ0v) is 14.5. The molecule has 134 valence electrons. The van der Waals surface area contributed by atoms with Gasteiger partial charge in [-0.15, -0.1) is 0 Å². The van der Waals surface area contributed by atoms with E-state index in [0.717, 1.165) is 5.56 Å². The summed E-state index contributed by atoms with van der Waals surface area (Å²) in [4.78, 5) is 26.5. The van der Waals surface area contributed by atoms with Crippen molar-refractivity contribution in [1.82, 2.24) is 5.32 Å². The van der Waals surface area contributed by atoms with Crippen molar-refractivity contribution in [3.05, 3.63) is 65.9 Å². The standard InChI is InChI=1S/C20H20N2O4/c1-25-12-11-21-19(23)14-22-16-9-5-6-10-17(16)26-18(20(22)24)13-15-7-3-2-4-8-15/h2-10,13H,11-12,14H2,1H3,(H,21,23)/b18-13+. The minimum Gasteiger partial charge on any atom is -0.449 e. The molecule has 0 saturated heterocycles. The Labute approximate surface area is 152 Å². The highest BCUT2D eigenvalue weighted by Crippen LogP contribution is 2.35. The predicted octanol–water partition coefficient (Wildman–Crippen LogP) is 2.22. The predicted molar refractivity (Wildman–Crippen MR) is 98.7 cm³/mol. The molecule has 0 atom stereocenters. The molecular weight excluding hydrogens is 332 g/mol. The normalized spacial score (nSPS) is 14.7. The van der Waals surface area contributed by atoms with Crippen molar-refractivity contribution in [1.29, 1.82) is 0 Å². The monoisotopic (exact) mass is 352 g/mol. The summed E-state index contributed by atoms with van der Waals surface area (Å²) in [6, 6.07) is 16.6. The van der Waals surface area contributed by atoms with E-state index in [1.807, 2.05) is 36.4 Å². The number of para-hydroxylation sites is 2. The van der Waals surface area contributed by atoms with Gasteiger partial charge in [0.2, 0.25) is 5.91 Å². The van der Waals surface area contributed by atoms with E-state index in [4.69, 9.17) is 9.47 Å². The maximum Gasteiger partial charge on any atom is 0.294 e. The molecule has 0 radical (unpaired) electrons. The molecule has 0 spiro atoms.